The second-order valence-electron chi connectivity index (χ2n) is 9.06. The molecule has 7 heteroatoms. The van der Waals surface area contributed by atoms with Gasteiger partial charge in [-0.2, -0.15) is 8.42 Å². The van der Waals surface area contributed by atoms with Crippen molar-refractivity contribution in [2.75, 3.05) is 6.54 Å². The number of fused-ring (bicyclic) bond motifs is 2. The van der Waals surface area contributed by atoms with Gasteiger partial charge in [0.25, 0.3) is 10.0 Å². The fourth-order valence-electron chi connectivity index (χ4n) is 5.89. The first-order valence-corrected chi connectivity index (χ1v) is 12.5. The van der Waals surface area contributed by atoms with Crippen molar-refractivity contribution in [1.29, 1.82) is 0 Å². The Morgan fingerprint density at radius 3 is 2.66 bits per heavy atom. The molecule has 0 unspecified atom stereocenters. The fourth-order valence-corrected chi connectivity index (χ4v) is 7.11. The summed E-state index contributed by atoms with van der Waals surface area (Å²) in [5, 5.41) is 3.31. The third kappa shape index (κ3) is 3.47. The lowest BCUT2D eigenvalue weighted by Crippen LogP contribution is -2.50. The van der Waals surface area contributed by atoms with Crippen LogP contribution in [0.4, 0.5) is 0 Å². The minimum absolute atomic E-state index is 0.0336. The fraction of sp³-hybridized carbons (Fsp3) is 0.636. The van der Waals surface area contributed by atoms with E-state index in [0.29, 0.717) is 17.9 Å². The number of hydrogen-bond acceptors (Lipinski definition) is 4. The summed E-state index contributed by atoms with van der Waals surface area (Å²) in [7, 11) is -3.67. The van der Waals surface area contributed by atoms with Crippen molar-refractivity contribution < 1.29 is 13.2 Å². The molecule has 4 aliphatic rings. The zero-order chi connectivity index (χ0) is 20.0. The SMILES string of the molecule is O=C(N[C@@H]1CC[C@@H]2CCCC[C@@H]2C1)[C@@H]1CCCN1C1=NS(=O)(=O)c2ccccc21. The Hall–Kier alpha value is -1.89. The minimum atomic E-state index is -3.67. The summed E-state index contributed by atoms with van der Waals surface area (Å²) in [6.07, 6.45) is 10.4. The van der Waals surface area contributed by atoms with Crippen LogP contribution >= 0.6 is 0 Å². The van der Waals surface area contributed by atoms with Gasteiger partial charge in [-0.1, -0.05) is 37.8 Å². The highest BCUT2D eigenvalue weighted by molar-refractivity contribution is 7.90. The lowest BCUT2D eigenvalue weighted by atomic mass is 9.69. The first-order valence-electron chi connectivity index (χ1n) is 11.0. The third-order valence-electron chi connectivity index (χ3n) is 7.33. The third-order valence-corrected chi connectivity index (χ3v) is 8.65. The van der Waals surface area contributed by atoms with Gasteiger partial charge in [0.05, 0.1) is 0 Å². The highest BCUT2D eigenvalue weighted by atomic mass is 32.2. The van der Waals surface area contributed by atoms with Gasteiger partial charge in [0.15, 0.2) is 5.84 Å². The lowest BCUT2D eigenvalue weighted by molar-refractivity contribution is -0.125. The molecule has 0 aromatic heterocycles. The van der Waals surface area contributed by atoms with Gasteiger partial charge in [-0.15, -0.1) is 4.40 Å². The number of carbonyl (C=O) groups excluding carboxylic acids is 1. The molecule has 0 radical (unpaired) electrons. The van der Waals surface area contributed by atoms with Crippen molar-refractivity contribution in [3.8, 4) is 0 Å². The topological polar surface area (TPSA) is 78.8 Å². The quantitative estimate of drug-likeness (QED) is 0.805. The van der Waals surface area contributed by atoms with Gasteiger partial charge in [-0.05, 0) is 56.1 Å². The number of likely N-dealkylation sites (tertiary alicyclic amines) is 1. The van der Waals surface area contributed by atoms with E-state index in [1.165, 1.54) is 32.1 Å². The summed E-state index contributed by atoms with van der Waals surface area (Å²) < 4.78 is 28.9. The monoisotopic (exact) mass is 415 g/mol. The molecule has 1 saturated heterocycles. The number of carbonyl (C=O) groups is 1. The van der Waals surface area contributed by atoms with E-state index in [4.69, 9.17) is 0 Å². The summed E-state index contributed by atoms with van der Waals surface area (Å²) in [5.41, 5.74) is 0.620. The van der Waals surface area contributed by atoms with E-state index in [-0.39, 0.29) is 22.9 Å². The molecule has 1 aromatic carbocycles. The molecule has 1 aromatic rings. The highest BCUT2D eigenvalue weighted by Crippen LogP contribution is 2.40. The van der Waals surface area contributed by atoms with Gasteiger partial charge < -0.3 is 10.2 Å². The van der Waals surface area contributed by atoms with Gasteiger partial charge in [0.1, 0.15) is 10.9 Å². The Balaban J connectivity index is 1.31. The molecule has 0 bridgehead atoms. The van der Waals surface area contributed by atoms with Crippen LogP contribution in [0.1, 0.15) is 63.4 Å². The molecule has 29 heavy (non-hydrogen) atoms. The molecule has 2 aliphatic heterocycles. The zero-order valence-electron chi connectivity index (χ0n) is 16.7. The second kappa shape index (κ2) is 7.42. The zero-order valence-corrected chi connectivity index (χ0v) is 17.5. The number of benzene rings is 1. The Labute approximate surface area is 172 Å². The molecule has 0 spiro atoms. The molecule has 6 nitrogen and oxygen atoms in total. The van der Waals surface area contributed by atoms with E-state index in [0.717, 1.165) is 37.5 Å². The number of amides is 1. The Morgan fingerprint density at radius 2 is 1.79 bits per heavy atom. The van der Waals surface area contributed by atoms with Gasteiger partial charge in [-0.3, -0.25) is 4.79 Å². The average Bonchev–Trinajstić information content (AvgIpc) is 3.31. The van der Waals surface area contributed by atoms with Gasteiger partial charge in [0, 0.05) is 18.2 Å². The van der Waals surface area contributed by atoms with Crippen LogP contribution in [0.2, 0.25) is 0 Å². The summed E-state index contributed by atoms with van der Waals surface area (Å²) in [4.78, 5) is 15.3. The van der Waals surface area contributed by atoms with Crippen molar-refractivity contribution in [2.45, 2.75) is 74.8 Å². The van der Waals surface area contributed by atoms with Crippen LogP contribution in [-0.2, 0) is 14.8 Å². The Morgan fingerprint density at radius 1 is 1.00 bits per heavy atom. The number of sulfonamides is 1. The van der Waals surface area contributed by atoms with E-state index in [2.05, 4.69) is 9.71 Å². The smallest absolute Gasteiger partial charge is 0.285 e. The van der Waals surface area contributed by atoms with Crippen molar-refractivity contribution in [3.05, 3.63) is 29.8 Å². The number of nitrogens with zero attached hydrogens (tertiary/aromatic N) is 2. The maximum atomic E-state index is 13.2. The molecule has 1 N–H and O–H groups in total. The molecule has 3 fully saturated rings. The Bertz CT molecular complexity index is 942. The van der Waals surface area contributed by atoms with E-state index in [9.17, 15) is 13.2 Å². The number of amidine groups is 1. The highest BCUT2D eigenvalue weighted by Gasteiger charge is 2.40. The molecule has 1 amide bonds. The normalized spacial score (nSPS) is 33.0. The van der Waals surface area contributed by atoms with E-state index in [1.807, 2.05) is 11.0 Å². The van der Waals surface area contributed by atoms with Crippen molar-refractivity contribution in [2.24, 2.45) is 16.2 Å². The van der Waals surface area contributed by atoms with Crippen molar-refractivity contribution >= 4 is 21.8 Å². The van der Waals surface area contributed by atoms with Gasteiger partial charge in [0.2, 0.25) is 5.91 Å². The van der Waals surface area contributed by atoms with Crippen LogP contribution in [0, 0.1) is 11.8 Å². The number of hydrogen-bond donors (Lipinski definition) is 1. The van der Waals surface area contributed by atoms with E-state index >= 15 is 0 Å². The maximum Gasteiger partial charge on any atom is 0.285 e. The molecule has 4 atom stereocenters. The first kappa shape index (κ1) is 19.1. The summed E-state index contributed by atoms with van der Waals surface area (Å²) in [6, 6.07) is 6.84. The maximum absolute atomic E-state index is 13.2. The predicted octanol–water partition coefficient (Wildman–Crippen LogP) is 3.08. The van der Waals surface area contributed by atoms with E-state index < -0.39 is 10.0 Å². The van der Waals surface area contributed by atoms with Gasteiger partial charge >= 0.3 is 0 Å². The predicted molar refractivity (Wildman–Crippen MR) is 111 cm³/mol. The standard InChI is InChI=1S/C22H29N3O3S/c26-22(23-17-12-11-15-6-1-2-7-16(15)14-17)19-9-5-13-25(19)21-18-8-3-4-10-20(18)29(27,28)24-21/h3-4,8,10,15-17,19H,1-2,5-7,9,11-14H2,(H,23,26)/t15-,16+,17+,19-/m0/s1. The van der Waals surface area contributed by atoms with E-state index in [1.54, 1.807) is 18.2 Å². The lowest BCUT2D eigenvalue weighted by Gasteiger charge is -2.40. The van der Waals surface area contributed by atoms with Crippen molar-refractivity contribution in [1.82, 2.24) is 10.2 Å². The minimum Gasteiger partial charge on any atom is -0.352 e. The van der Waals surface area contributed by atoms with Crippen LogP contribution in [-0.4, -0.2) is 43.7 Å². The van der Waals surface area contributed by atoms with Crippen molar-refractivity contribution in [3.63, 3.8) is 0 Å². The second-order valence-corrected chi connectivity index (χ2v) is 10.6. The number of nitrogens with one attached hydrogen (secondary N) is 1. The Kier molecular flexibility index (Phi) is 4.88. The molecule has 156 valence electrons. The first-order chi connectivity index (χ1) is 14.0. The molecule has 5 rings (SSSR count). The van der Waals surface area contributed by atoms with Crippen LogP contribution < -0.4 is 5.32 Å². The van der Waals surface area contributed by atoms with Crippen LogP contribution in [0.25, 0.3) is 0 Å². The summed E-state index contributed by atoms with van der Waals surface area (Å²) in [5.74, 6) is 2.09. The summed E-state index contributed by atoms with van der Waals surface area (Å²) >= 11 is 0. The average molecular weight is 416 g/mol. The largest absolute Gasteiger partial charge is 0.352 e. The number of rotatable bonds is 2. The van der Waals surface area contributed by atoms with Gasteiger partial charge in [-0.25, -0.2) is 0 Å². The van der Waals surface area contributed by atoms with Crippen LogP contribution in [0.15, 0.2) is 33.6 Å². The van der Waals surface area contributed by atoms with Crippen LogP contribution in [0.3, 0.4) is 0 Å². The molecule has 2 heterocycles. The molecular weight excluding hydrogens is 386 g/mol. The summed E-state index contributed by atoms with van der Waals surface area (Å²) in [6.45, 7) is 0.663. The molecule has 2 saturated carbocycles. The molecule has 2 aliphatic carbocycles. The van der Waals surface area contributed by atoms with Crippen LogP contribution in [0.5, 0.6) is 0 Å². The molecular formula is C22H29N3O3S.